The van der Waals surface area contributed by atoms with Gasteiger partial charge in [-0.1, -0.05) is 40.7 Å². The Morgan fingerprint density at radius 2 is 1.97 bits per heavy atom. The van der Waals surface area contributed by atoms with Crippen LogP contribution in [0, 0.1) is 19.8 Å². The Labute approximate surface area is 205 Å². The van der Waals surface area contributed by atoms with Crippen molar-refractivity contribution < 1.29 is 19.4 Å². The normalized spacial score (nSPS) is 21.5. The molecular weight excluding hydrogens is 454 g/mol. The number of esters is 1. The van der Waals surface area contributed by atoms with Crippen LogP contribution in [0.2, 0.25) is 0 Å². The molecule has 1 fully saturated rings. The summed E-state index contributed by atoms with van der Waals surface area (Å²) in [7, 11) is 0. The minimum atomic E-state index is -0.873. The van der Waals surface area contributed by atoms with Crippen LogP contribution in [-0.4, -0.2) is 32.7 Å². The molecule has 1 aromatic carbocycles. The van der Waals surface area contributed by atoms with E-state index in [0.717, 1.165) is 33.7 Å². The van der Waals surface area contributed by atoms with Crippen LogP contribution in [0.3, 0.4) is 0 Å². The second-order valence-corrected chi connectivity index (χ2v) is 12.4. The van der Waals surface area contributed by atoms with Crippen molar-refractivity contribution in [3.05, 3.63) is 44.9 Å². The van der Waals surface area contributed by atoms with Crippen LogP contribution >= 0.6 is 23.1 Å². The van der Waals surface area contributed by atoms with Crippen LogP contribution in [0.15, 0.2) is 22.5 Å². The second-order valence-electron chi connectivity index (χ2n) is 10.3. The Kier molecular flexibility index (Phi) is 7.76. The number of carbonyl (C=O) groups is 2. The van der Waals surface area contributed by atoms with Gasteiger partial charge in [-0.2, -0.15) is 0 Å². The molecule has 0 bridgehead atoms. The number of hydrogen-bond acceptors (Lipinski definition) is 7. The lowest BCUT2D eigenvalue weighted by atomic mass is 9.79. The van der Waals surface area contributed by atoms with Crippen LogP contribution < -0.4 is 0 Å². The average Bonchev–Trinajstić information content (AvgIpc) is 3.13. The predicted molar refractivity (Wildman–Crippen MR) is 134 cm³/mol. The number of aryl methyl sites for hydroxylation is 3. The third-order valence-electron chi connectivity index (χ3n) is 6.62. The molecule has 180 valence electrons. The fraction of sp³-hybridized carbons (Fsp3) is 0.577. The number of hydrogen-bond donors (Lipinski definition) is 1. The molecule has 0 spiro atoms. The highest BCUT2D eigenvalue weighted by atomic mass is 32.2. The van der Waals surface area contributed by atoms with E-state index in [1.807, 2.05) is 45.3 Å². The van der Waals surface area contributed by atoms with Crippen molar-refractivity contribution in [1.29, 1.82) is 0 Å². The molecule has 1 aliphatic rings. The number of thiazole rings is 1. The molecule has 2 heterocycles. The molecule has 5 nitrogen and oxygen atoms in total. The maximum absolute atomic E-state index is 13.4. The van der Waals surface area contributed by atoms with E-state index in [-0.39, 0.29) is 30.1 Å². The number of aliphatic hydroxyl groups excluding tert-OH is 1. The molecule has 2 unspecified atom stereocenters. The van der Waals surface area contributed by atoms with Gasteiger partial charge in [0.05, 0.1) is 17.8 Å². The van der Waals surface area contributed by atoms with Gasteiger partial charge < -0.3 is 9.84 Å². The highest BCUT2D eigenvalue weighted by Gasteiger charge is 2.49. The summed E-state index contributed by atoms with van der Waals surface area (Å²) in [6.07, 6.45) is 1.58. The zero-order chi connectivity index (χ0) is 24.6. The van der Waals surface area contributed by atoms with Crippen molar-refractivity contribution in [3.8, 4) is 0 Å². The van der Waals surface area contributed by atoms with E-state index < -0.39 is 16.8 Å². The number of cyclic esters (lactones) is 1. The van der Waals surface area contributed by atoms with E-state index in [1.54, 1.807) is 11.3 Å². The molecule has 0 aliphatic carbocycles. The van der Waals surface area contributed by atoms with E-state index in [1.165, 1.54) is 16.6 Å². The van der Waals surface area contributed by atoms with Crippen molar-refractivity contribution in [2.75, 3.05) is 0 Å². The maximum atomic E-state index is 13.4. The number of aromatic nitrogens is 1. The first-order chi connectivity index (χ1) is 15.4. The van der Waals surface area contributed by atoms with Gasteiger partial charge in [0.2, 0.25) is 0 Å². The van der Waals surface area contributed by atoms with Crippen LogP contribution in [0.5, 0.6) is 0 Å². The van der Waals surface area contributed by atoms with Crippen molar-refractivity contribution in [2.45, 2.75) is 95.5 Å². The van der Waals surface area contributed by atoms with Crippen LogP contribution in [0.4, 0.5) is 0 Å². The fourth-order valence-electron chi connectivity index (χ4n) is 4.27. The van der Waals surface area contributed by atoms with Crippen molar-refractivity contribution in [3.63, 3.8) is 0 Å². The van der Waals surface area contributed by atoms with Gasteiger partial charge in [-0.05, 0) is 60.8 Å². The second kappa shape index (κ2) is 9.88. The van der Waals surface area contributed by atoms with Gasteiger partial charge in [-0.3, -0.25) is 9.59 Å². The smallest absolute Gasteiger partial charge is 0.327 e. The molecular formula is C26H35NO4S2. The summed E-state index contributed by atoms with van der Waals surface area (Å²) in [6.45, 7) is 14.2. The molecule has 1 aliphatic heterocycles. The largest absolute Gasteiger partial charge is 0.457 e. The standard InChI is InChI=1S/C26H35NO4S2/c1-15(2)26(9-8-21-17(4)27-14-32-21)12-20(29)23(24(30)31-26)33-22-10-16(3)18(13-28)11-19(22)25(5,6)7/h10-11,14-15,23,28H,8-9,12-13H2,1-7H3. The highest BCUT2D eigenvalue weighted by Crippen LogP contribution is 2.43. The van der Waals surface area contributed by atoms with Gasteiger partial charge in [0, 0.05) is 16.2 Å². The van der Waals surface area contributed by atoms with Gasteiger partial charge in [0.15, 0.2) is 11.0 Å². The summed E-state index contributed by atoms with van der Waals surface area (Å²) in [5.74, 6) is -0.495. The fourth-order valence-corrected chi connectivity index (χ4v) is 6.40. The summed E-state index contributed by atoms with van der Waals surface area (Å²) in [4.78, 5) is 32.9. The van der Waals surface area contributed by atoms with Crippen LogP contribution in [0.25, 0.3) is 0 Å². The molecule has 0 saturated carbocycles. The summed E-state index contributed by atoms with van der Waals surface area (Å²) in [5, 5.41) is 8.84. The minimum absolute atomic E-state index is 0.0285. The number of Topliss-reactive ketones (excluding diaryl/α,β-unsaturated/α-hetero) is 1. The lowest BCUT2D eigenvalue weighted by Gasteiger charge is -2.41. The Balaban J connectivity index is 1.85. The van der Waals surface area contributed by atoms with E-state index in [9.17, 15) is 14.7 Å². The maximum Gasteiger partial charge on any atom is 0.327 e. The van der Waals surface area contributed by atoms with Crippen molar-refractivity contribution in [2.24, 2.45) is 5.92 Å². The monoisotopic (exact) mass is 489 g/mol. The quantitative estimate of drug-likeness (QED) is 0.406. The lowest BCUT2D eigenvalue weighted by Crippen LogP contribution is -2.52. The number of ether oxygens (including phenoxy) is 1. The first-order valence-corrected chi connectivity index (χ1v) is 13.2. The van der Waals surface area contributed by atoms with Gasteiger partial charge >= 0.3 is 5.97 Å². The molecule has 2 aromatic rings. The third kappa shape index (κ3) is 5.52. The summed E-state index contributed by atoms with van der Waals surface area (Å²) >= 11 is 2.89. The van der Waals surface area contributed by atoms with Gasteiger partial charge in [0.1, 0.15) is 5.60 Å². The van der Waals surface area contributed by atoms with E-state index in [2.05, 4.69) is 25.8 Å². The summed E-state index contributed by atoms with van der Waals surface area (Å²) in [6, 6.07) is 3.97. The summed E-state index contributed by atoms with van der Waals surface area (Å²) in [5.41, 5.74) is 4.66. The number of carbonyl (C=O) groups excluding carboxylic acids is 2. The Hall–Kier alpha value is -1.70. The first-order valence-electron chi connectivity index (χ1n) is 11.4. The average molecular weight is 490 g/mol. The predicted octanol–water partition coefficient (Wildman–Crippen LogP) is 5.55. The zero-order valence-electron chi connectivity index (χ0n) is 20.7. The summed E-state index contributed by atoms with van der Waals surface area (Å²) < 4.78 is 6.09. The number of ketones is 1. The van der Waals surface area contributed by atoms with Gasteiger partial charge in [-0.25, -0.2) is 4.98 Å². The molecule has 3 rings (SSSR count). The number of thioether (sulfide) groups is 1. The first kappa shape index (κ1) is 25.9. The Morgan fingerprint density at radius 1 is 1.27 bits per heavy atom. The minimum Gasteiger partial charge on any atom is -0.457 e. The number of rotatable bonds is 7. The van der Waals surface area contributed by atoms with Crippen molar-refractivity contribution in [1.82, 2.24) is 4.98 Å². The van der Waals surface area contributed by atoms with Gasteiger partial charge in [0.25, 0.3) is 0 Å². The number of aliphatic hydroxyl groups is 1. The van der Waals surface area contributed by atoms with E-state index >= 15 is 0 Å². The molecule has 1 aromatic heterocycles. The molecule has 33 heavy (non-hydrogen) atoms. The van der Waals surface area contributed by atoms with Crippen molar-refractivity contribution >= 4 is 34.9 Å². The third-order valence-corrected chi connectivity index (χ3v) is 8.90. The molecule has 0 amide bonds. The van der Waals surface area contributed by atoms with Crippen LogP contribution in [-0.2, 0) is 32.8 Å². The van der Waals surface area contributed by atoms with E-state index in [4.69, 9.17) is 4.74 Å². The SMILES string of the molecule is Cc1cc(SC2C(=O)CC(CCc3scnc3C)(C(C)C)OC2=O)c(C(C)(C)C)cc1CO. The topological polar surface area (TPSA) is 76.5 Å². The van der Waals surface area contributed by atoms with E-state index in [0.29, 0.717) is 6.42 Å². The molecule has 0 radical (unpaired) electrons. The number of benzene rings is 1. The molecule has 2 atom stereocenters. The number of nitrogens with zero attached hydrogens (tertiary/aromatic N) is 1. The van der Waals surface area contributed by atoms with Gasteiger partial charge in [-0.15, -0.1) is 23.1 Å². The molecule has 1 saturated heterocycles. The lowest BCUT2D eigenvalue weighted by molar-refractivity contribution is -0.176. The Bertz CT molecular complexity index is 1020. The zero-order valence-corrected chi connectivity index (χ0v) is 22.3. The molecule has 7 heteroatoms. The molecule has 1 N–H and O–H groups in total. The highest BCUT2D eigenvalue weighted by molar-refractivity contribution is 8.01. The van der Waals surface area contributed by atoms with Crippen LogP contribution in [0.1, 0.15) is 74.7 Å². The Morgan fingerprint density at radius 3 is 2.48 bits per heavy atom.